The van der Waals surface area contributed by atoms with E-state index in [-0.39, 0.29) is 5.91 Å². The van der Waals surface area contributed by atoms with E-state index < -0.39 is 0 Å². The lowest BCUT2D eigenvalue weighted by Crippen LogP contribution is -2.42. The summed E-state index contributed by atoms with van der Waals surface area (Å²) < 4.78 is 5.52. The number of aliphatic imine (C=N–C) groups is 1. The molecule has 24 heavy (non-hydrogen) atoms. The second-order valence-corrected chi connectivity index (χ2v) is 6.45. The second kappa shape index (κ2) is 14.1. The van der Waals surface area contributed by atoms with Gasteiger partial charge in [-0.1, -0.05) is 26.2 Å². The van der Waals surface area contributed by atoms with Gasteiger partial charge in [-0.25, -0.2) is 0 Å². The molecular weight excluding hydrogens is 304 g/mol. The van der Waals surface area contributed by atoms with Crippen molar-refractivity contribution in [3.05, 3.63) is 0 Å². The van der Waals surface area contributed by atoms with Crippen LogP contribution in [0.2, 0.25) is 0 Å². The van der Waals surface area contributed by atoms with Gasteiger partial charge < -0.3 is 20.7 Å². The molecule has 0 aromatic carbocycles. The van der Waals surface area contributed by atoms with E-state index in [4.69, 9.17) is 4.74 Å². The van der Waals surface area contributed by atoms with Crippen LogP contribution < -0.4 is 16.0 Å². The molecule has 6 heteroatoms. The third kappa shape index (κ3) is 10.5. The zero-order chi connectivity index (χ0) is 17.5. The van der Waals surface area contributed by atoms with Gasteiger partial charge in [0, 0.05) is 46.3 Å². The number of nitrogens with zero attached hydrogens (tertiary/aromatic N) is 1. The van der Waals surface area contributed by atoms with Crippen LogP contribution in [0.3, 0.4) is 0 Å². The van der Waals surface area contributed by atoms with E-state index in [1.165, 1.54) is 32.1 Å². The molecular formula is C18H36N4O2. The van der Waals surface area contributed by atoms with Crippen LogP contribution in [0.25, 0.3) is 0 Å². The quantitative estimate of drug-likeness (QED) is 0.289. The minimum absolute atomic E-state index is 0.177. The number of amides is 1. The molecule has 0 spiro atoms. The number of rotatable bonds is 12. The SMILES string of the molecule is CCCCOCCCNC(=NC)NCCNC(=O)CC1CCCC1. The van der Waals surface area contributed by atoms with E-state index in [2.05, 4.69) is 27.9 Å². The Bertz CT molecular complexity index is 355. The third-order valence-electron chi connectivity index (χ3n) is 4.31. The van der Waals surface area contributed by atoms with E-state index >= 15 is 0 Å². The maximum absolute atomic E-state index is 11.8. The lowest BCUT2D eigenvalue weighted by molar-refractivity contribution is -0.121. The Balaban J connectivity index is 1.96. The number of carbonyl (C=O) groups excluding carboxylic acids is 1. The summed E-state index contributed by atoms with van der Waals surface area (Å²) in [4.78, 5) is 16.0. The highest BCUT2D eigenvalue weighted by atomic mass is 16.5. The Morgan fingerprint density at radius 1 is 1.04 bits per heavy atom. The van der Waals surface area contributed by atoms with Crippen LogP contribution in [-0.2, 0) is 9.53 Å². The molecule has 6 nitrogen and oxygen atoms in total. The number of hydrogen-bond donors (Lipinski definition) is 3. The van der Waals surface area contributed by atoms with Crippen molar-refractivity contribution in [3.8, 4) is 0 Å². The predicted molar refractivity (Wildman–Crippen MR) is 99.3 cm³/mol. The summed E-state index contributed by atoms with van der Waals surface area (Å²) in [5, 5.41) is 9.45. The van der Waals surface area contributed by atoms with Gasteiger partial charge in [0.25, 0.3) is 0 Å². The normalized spacial score (nSPS) is 15.5. The third-order valence-corrected chi connectivity index (χ3v) is 4.31. The number of nitrogens with one attached hydrogen (secondary N) is 3. The largest absolute Gasteiger partial charge is 0.381 e. The molecule has 0 saturated heterocycles. The minimum atomic E-state index is 0.177. The lowest BCUT2D eigenvalue weighted by Gasteiger charge is -2.13. The molecule has 3 N–H and O–H groups in total. The highest BCUT2D eigenvalue weighted by Gasteiger charge is 2.17. The molecule has 0 aliphatic heterocycles. The van der Waals surface area contributed by atoms with E-state index in [1.54, 1.807) is 7.05 Å². The van der Waals surface area contributed by atoms with Crippen molar-refractivity contribution in [1.82, 2.24) is 16.0 Å². The van der Waals surface area contributed by atoms with Crippen molar-refractivity contribution in [1.29, 1.82) is 0 Å². The summed E-state index contributed by atoms with van der Waals surface area (Å²) in [6.07, 6.45) is 8.94. The molecule has 0 aromatic rings. The number of unbranched alkanes of at least 4 members (excludes halogenated alkanes) is 1. The molecule has 0 bridgehead atoms. The summed E-state index contributed by atoms with van der Waals surface area (Å²) in [6, 6.07) is 0. The Kier molecular flexibility index (Phi) is 12.2. The van der Waals surface area contributed by atoms with Gasteiger partial charge in [-0.2, -0.15) is 0 Å². The molecule has 1 rings (SSSR count). The summed E-state index contributed by atoms with van der Waals surface area (Å²) in [6.45, 7) is 5.94. The van der Waals surface area contributed by atoms with Crippen LogP contribution in [0.5, 0.6) is 0 Å². The van der Waals surface area contributed by atoms with E-state index in [0.29, 0.717) is 25.4 Å². The molecule has 1 amide bonds. The predicted octanol–water partition coefficient (Wildman–Crippen LogP) is 2.05. The molecule has 1 aliphatic rings. The lowest BCUT2D eigenvalue weighted by atomic mass is 10.0. The molecule has 0 atom stereocenters. The molecule has 0 unspecified atom stereocenters. The first kappa shape index (κ1) is 20.7. The van der Waals surface area contributed by atoms with Crippen LogP contribution in [0.1, 0.15) is 58.3 Å². The minimum Gasteiger partial charge on any atom is -0.381 e. The fourth-order valence-corrected chi connectivity index (χ4v) is 2.88. The standard InChI is InChI=1S/C18H36N4O2/c1-3-4-13-24-14-7-10-21-18(19-2)22-12-11-20-17(23)15-16-8-5-6-9-16/h16H,3-15H2,1-2H3,(H,20,23)(H2,19,21,22). The summed E-state index contributed by atoms with van der Waals surface area (Å²) in [7, 11) is 1.76. The van der Waals surface area contributed by atoms with Crippen molar-refractivity contribution in [2.24, 2.45) is 10.9 Å². The van der Waals surface area contributed by atoms with Crippen molar-refractivity contribution < 1.29 is 9.53 Å². The van der Waals surface area contributed by atoms with Gasteiger partial charge >= 0.3 is 0 Å². The Labute approximate surface area is 147 Å². The smallest absolute Gasteiger partial charge is 0.220 e. The van der Waals surface area contributed by atoms with Crippen LogP contribution in [-0.4, -0.2) is 51.8 Å². The summed E-state index contributed by atoms with van der Waals surface area (Å²) in [5.41, 5.74) is 0. The van der Waals surface area contributed by atoms with Crippen molar-refractivity contribution in [2.75, 3.05) is 39.9 Å². The van der Waals surface area contributed by atoms with Gasteiger partial charge in [0.2, 0.25) is 5.91 Å². The van der Waals surface area contributed by atoms with Crippen LogP contribution >= 0.6 is 0 Å². The van der Waals surface area contributed by atoms with Gasteiger partial charge in [0.1, 0.15) is 0 Å². The zero-order valence-corrected chi connectivity index (χ0v) is 15.5. The van der Waals surface area contributed by atoms with Gasteiger partial charge in [0.05, 0.1) is 0 Å². The summed E-state index contributed by atoms with van der Waals surface area (Å²) >= 11 is 0. The number of hydrogen-bond acceptors (Lipinski definition) is 3. The summed E-state index contributed by atoms with van der Waals surface area (Å²) in [5.74, 6) is 1.55. The van der Waals surface area contributed by atoms with Crippen LogP contribution in [0, 0.1) is 5.92 Å². The van der Waals surface area contributed by atoms with E-state index in [9.17, 15) is 4.79 Å². The number of guanidine groups is 1. The highest BCUT2D eigenvalue weighted by molar-refractivity contribution is 5.79. The molecule has 0 heterocycles. The first-order valence-corrected chi connectivity index (χ1v) is 9.55. The molecule has 1 aliphatic carbocycles. The Hall–Kier alpha value is -1.30. The van der Waals surface area contributed by atoms with E-state index in [0.717, 1.165) is 38.6 Å². The topological polar surface area (TPSA) is 74.8 Å². The maximum Gasteiger partial charge on any atom is 0.220 e. The molecule has 1 fully saturated rings. The van der Waals surface area contributed by atoms with Gasteiger partial charge in [-0.3, -0.25) is 9.79 Å². The Morgan fingerprint density at radius 3 is 2.42 bits per heavy atom. The fraction of sp³-hybridized carbons (Fsp3) is 0.889. The maximum atomic E-state index is 11.8. The average molecular weight is 341 g/mol. The van der Waals surface area contributed by atoms with Gasteiger partial charge in [-0.05, 0) is 31.6 Å². The van der Waals surface area contributed by atoms with Crippen LogP contribution in [0.15, 0.2) is 4.99 Å². The number of carbonyl (C=O) groups is 1. The fourth-order valence-electron chi connectivity index (χ4n) is 2.88. The first-order valence-electron chi connectivity index (χ1n) is 9.55. The van der Waals surface area contributed by atoms with Crippen molar-refractivity contribution >= 4 is 11.9 Å². The van der Waals surface area contributed by atoms with E-state index in [1.807, 2.05) is 0 Å². The average Bonchev–Trinajstić information content (AvgIpc) is 3.08. The molecule has 0 aromatic heterocycles. The van der Waals surface area contributed by atoms with Crippen LogP contribution in [0.4, 0.5) is 0 Å². The van der Waals surface area contributed by atoms with Gasteiger partial charge in [0.15, 0.2) is 5.96 Å². The highest BCUT2D eigenvalue weighted by Crippen LogP contribution is 2.27. The van der Waals surface area contributed by atoms with Gasteiger partial charge in [-0.15, -0.1) is 0 Å². The van der Waals surface area contributed by atoms with Crippen molar-refractivity contribution in [3.63, 3.8) is 0 Å². The second-order valence-electron chi connectivity index (χ2n) is 6.45. The zero-order valence-electron chi connectivity index (χ0n) is 15.5. The first-order chi connectivity index (χ1) is 11.8. The Morgan fingerprint density at radius 2 is 1.71 bits per heavy atom. The monoisotopic (exact) mass is 340 g/mol. The van der Waals surface area contributed by atoms with Crippen molar-refractivity contribution in [2.45, 2.75) is 58.3 Å². The number of ether oxygens (including phenoxy) is 1. The molecule has 0 radical (unpaired) electrons. The molecule has 140 valence electrons. The molecule has 1 saturated carbocycles.